The Morgan fingerprint density at radius 3 is 2.21 bits per heavy atom. The van der Waals surface area contributed by atoms with Gasteiger partial charge in [0.2, 0.25) is 0 Å². The monoisotopic (exact) mass is 264 g/mol. The molecule has 0 heterocycles. The highest BCUT2D eigenvalue weighted by molar-refractivity contribution is 5.82. The van der Waals surface area contributed by atoms with Gasteiger partial charge in [-0.25, -0.2) is 9.59 Å². The fourth-order valence-electron chi connectivity index (χ4n) is 1.62. The summed E-state index contributed by atoms with van der Waals surface area (Å²) in [6.45, 7) is 4.17. The van der Waals surface area contributed by atoms with E-state index in [4.69, 9.17) is 5.11 Å². The number of nitrogens with one attached hydrogen (secondary N) is 2. The standard InChI is InChI=1S/C14H20N2O3/c1-3-10-5-7-11(8-6-10)9-15-14(19)16-12(4-2)13(17)18/h5-8,12H,3-4,9H2,1-2H3,(H,17,18)(H2,15,16,19). The second-order valence-corrected chi connectivity index (χ2v) is 4.30. The van der Waals surface area contributed by atoms with Gasteiger partial charge in [-0.15, -0.1) is 0 Å². The first-order valence-electron chi connectivity index (χ1n) is 6.41. The van der Waals surface area contributed by atoms with Crippen molar-refractivity contribution in [2.45, 2.75) is 39.3 Å². The molecule has 0 aromatic heterocycles. The van der Waals surface area contributed by atoms with E-state index >= 15 is 0 Å². The summed E-state index contributed by atoms with van der Waals surface area (Å²) in [6.07, 6.45) is 1.33. The number of aliphatic carboxylic acids is 1. The van der Waals surface area contributed by atoms with Gasteiger partial charge >= 0.3 is 12.0 Å². The van der Waals surface area contributed by atoms with Gasteiger partial charge in [0, 0.05) is 6.54 Å². The van der Waals surface area contributed by atoms with Gasteiger partial charge in [-0.05, 0) is 24.0 Å². The predicted molar refractivity (Wildman–Crippen MR) is 72.9 cm³/mol. The molecule has 1 aromatic rings. The predicted octanol–water partition coefficient (Wildman–Crippen LogP) is 1.91. The van der Waals surface area contributed by atoms with Crippen molar-refractivity contribution in [2.24, 2.45) is 0 Å². The van der Waals surface area contributed by atoms with Crippen molar-refractivity contribution in [3.63, 3.8) is 0 Å². The van der Waals surface area contributed by atoms with Gasteiger partial charge < -0.3 is 15.7 Å². The Bertz CT molecular complexity index is 429. The minimum atomic E-state index is -1.02. The molecule has 0 aliphatic carbocycles. The van der Waals surface area contributed by atoms with E-state index in [0.29, 0.717) is 13.0 Å². The number of carboxylic acids is 1. The van der Waals surface area contributed by atoms with Crippen molar-refractivity contribution in [1.82, 2.24) is 10.6 Å². The van der Waals surface area contributed by atoms with Crippen molar-refractivity contribution >= 4 is 12.0 Å². The number of rotatable bonds is 6. The zero-order valence-corrected chi connectivity index (χ0v) is 11.3. The first-order chi connectivity index (χ1) is 9.06. The molecule has 3 N–H and O–H groups in total. The summed E-state index contributed by atoms with van der Waals surface area (Å²) in [6, 6.07) is 6.62. The molecule has 0 aliphatic rings. The molecule has 1 rings (SSSR count). The van der Waals surface area contributed by atoms with Crippen molar-refractivity contribution in [2.75, 3.05) is 0 Å². The molecule has 0 saturated heterocycles. The van der Waals surface area contributed by atoms with Crippen molar-refractivity contribution in [1.29, 1.82) is 0 Å². The number of aryl methyl sites for hydroxylation is 1. The number of benzene rings is 1. The molecule has 19 heavy (non-hydrogen) atoms. The largest absolute Gasteiger partial charge is 0.480 e. The van der Waals surface area contributed by atoms with Crippen LogP contribution in [0.3, 0.4) is 0 Å². The highest BCUT2D eigenvalue weighted by Crippen LogP contribution is 2.04. The number of hydrogen-bond donors (Lipinski definition) is 3. The summed E-state index contributed by atoms with van der Waals surface area (Å²) < 4.78 is 0. The molecule has 0 radical (unpaired) electrons. The van der Waals surface area contributed by atoms with E-state index in [1.54, 1.807) is 6.92 Å². The van der Waals surface area contributed by atoms with Crippen LogP contribution in [0.15, 0.2) is 24.3 Å². The second-order valence-electron chi connectivity index (χ2n) is 4.30. The topological polar surface area (TPSA) is 78.4 Å². The van der Waals surface area contributed by atoms with E-state index in [1.165, 1.54) is 5.56 Å². The quantitative estimate of drug-likeness (QED) is 0.734. The van der Waals surface area contributed by atoms with Crippen LogP contribution in [0.25, 0.3) is 0 Å². The molecular formula is C14H20N2O3. The Labute approximate surface area is 113 Å². The molecule has 1 aromatic carbocycles. The lowest BCUT2D eigenvalue weighted by molar-refractivity contribution is -0.139. The van der Waals surface area contributed by atoms with Crippen molar-refractivity contribution in [3.8, 4) is 0 Å². The van der Waals surface area contributed by atoms with Crippen LogP contribution >= 0.6 is 0 Å². The Balaban J connectivity index is 2.42. The van der Waals surface area contributed by atoms with Crippen LogP contribution in [0.4, 0.5) is 4.79 Å². The van der Waals surface area contributed by atoms with Crippen LogP contribution in [0.5, 0.6) is 0 Å². The lowest BCUT2D eigenvalue weighted by atomic mass is 10.1. The average molecular weight is 264 g/mol. The number of carbonyl (C=O) groups excluding carboxylic acids is 1. The zero-order valence-electron chi connectivity index (χ0n) is 11.3. The van der Waals surface area contributed by atoms with Crippen molar-refractivity contribution < 1.29 is 14.7 Å². The minimum Gasteiger partial charge on any atom is -0.480 e. The SMILES string of the molecule is CCc1ccc(CNC(=O)NC(CC)C(=O)O)cc1. The third kappa shape index (κ3) is 4.99. The fourth-order valence-corrected chi connectivity index (χ4v) is 1.62. The summed E-state index contributed by atoms with van der Waals surface area (Å²) in [4.78, 5) is 22.3. The summed E-state index contributed by atoms with van der Waals surface area (Å²) in [7, 11) is 0. The van der Waals surface area contributed by atoms with Gasteiger partial charge in [-0.1, -0.05) is 38.1 Å². The lowest BCUT2D eigenvalue weighted by Gasteiger charge is -2.13. The maximum absolute atomic E-state index is 11.5. The van der Waals surface area contributed by atoms with E-state index < -0.39 is 18.0 Å². The van der Waals surface area contributed by atoms with E-state index in [0.717, 1.165) is 12.0 Å². The van der Waals surface area contributed by atoms with Gasteiger partial charge in [0.25, 0.3) is 0 Å². The number of carboxylic acid groups (broad SMARTS) is 1. The summed E-state index contributed by atoms with van der Waals surface area (Å²) in [5.74, 6) is -1.02. The van der Waals surface area contributed by atoms with Crippen LogP contribution in [0, 0.1) is 0 Å². The summed E-state index contributed by atoms with van der Waals surface area (Å²) in [5, 5.41) is 13.9. The molecule has 0 saturated carbocycles. The minimum absolute atomic E-state index is 0.355. The first-order valence-corrected chi connectivity index (χ1v) is 6.41. The molecule has 104 valence electrons. The first kappa shape index (κ1) is 15.0. The molecule has 1 atom stereocenters. The van der Waals surface area contributed by atoms with E-state index in [2.05, 4.69) is 17.6 Å². The Hall–Kier alpha value is -2.04. The van der Waals surface area contributed by atoms with Crippen LogP contribution in [0.1, 0.15) is 31.4 Å². The van der Waals surface area contributed by atoms with E-state index in [1.807, 2.05) is 24.3 Å². The number of amides is 2. The summed E-state index contributed by atoms with van der Waals surface area (Å²) >= 11 is 0. The Morgan fingerprint density at radius 1 is 1.16 bits per heavy atom. The third-order valence-corrected chi connectivity index (χ3v) is 2.90. The molecular weight excluding hydrogens is 244 g/mol. The Kier molecular flexibility index (Phi) is 5.85. The fraction of sp³-hybridized carbons (Fsp3) is 0.429. The number of carbonyl (C=O) groups is 2. The van der Waals surface area contributed by atoms with Crippen LogP contribution in [0.2, 0.25) is 0 Å². The van der Waals surface area contributed by atoms with E-state index in [9.17, 15) is 9.59 Å². The normalized spacial score (nSPS) is 11.7. The van der Waals surface area contributed by atoms with Crippen LogP contribution in [-0.4, -0.2) is 23.1 Å². The van der Waals surface area contributed by atoms with Gasteiger partial charge in [-0.2, -0.15) is 0 Å². The highest BCUT2D eigenvalue weighted by Gasteiger charge is 2.16. The lowest BCUT2D eigenvalue weighted by Crippen LogP contribution is -2.45. The van der Waals surface area contributed by atoms with E-state index in [-0.39, 0.29) is 0 Å². The maximum atomic E-state index is 11.5. The maximum Gasteiger partial charge on any atom is 0.326 e. The molecule has 2 amide bonds. The summed E-state index contributed by atoms with van der Waals surface area (Å²) in [5.41, 5.74) is 2.22. The van der Waals surface area contributed by atoms with Crippen molar-refractivity contribution in [3.05, 3.63) is 35.4 Å². The highest BCUT2D eigenvalue weighted by atomic mass is 16.4. The van der Waals surface area contributed by atoms with Crippen LogP contribution in [-0.2, 0) is 17.8 Å². The molecule has 0 bridgehead atoms. The van der Waals surface area contributed by atoms with Gasteiger partial charge in [-0.3, -0.25) is 0 Å². The zero-order chi connectivity index (χ0) is 14.3. The molecule has 1 unspecified atom stereocenters. The Morgan fingerprint density at radius 2 is 1.74 bits per heavy atom. The van der Waals surface area contributed by atoms with Gasteiger partial charge in [0.05, 0.1) is 0 Å². The van der Waals surface area contributed by atoms with Gasteiger partial charge in [0.1, 0.15) is 6.04 Å². The van der Waals surface area contributed by atoms with Crippen LogP contribution < -0.4 is 10.6 Å². The third-order valence-electron chi connectivity index (χ3n) is 2.90. The molecule has 0 fully saturated rings. The molecule has 0 aliphatic heterocycles. The second kappa shape index (κ2) is 7.41. The average Bonchev–Trinajstić information content (AvgIpc) is 2.42. The number of urea groups is 1. The molecule has 5 heteroatoms. The smallest absolute Gasteiger partial charge is 0.326 e. The number of hydrogen-bond acceptors (Lipinski definition) is 2. The molecule has 5 nitrogen and oxygen atoms in total. The molecule has 0 spiro atoms. The van der Waals surface area contributed by atoms with Gasteiger partial charge in [0.15, 0.2) is 0 Å².